The van der Waals surface area contributed by atoms with Crippen molar-refractivity contribution in [2.24, 2.45) is 11.0 Å². The van der Waals surface area contributed by atoms with Crippen molar-refractivity contribution in [3.63, 3.8) is 0 Å². The van der Waals surface area contributed by atoms with Crippen LogP contribution in [0.2, 0.25) is 0 Å². The predicted molar refractivity (Wildman–Crippen MR) is 142 cm³/mol. The van der Waals surface area contributed by atoms with Gasteiger partial charge in [-0.3, -0.25) is 5.01 Å². The van der Waals surface area contributed by atoms with Gasteiger partial charge in [0.25, 0.3) is 0 Å². The number of nitrogens with zero attached hydrogens (tertiary/aromatic N) is 2. The first-order chi connectivity index (χ1) is 16.8. The third kappa shape index (κ3) is 3.58. The third-order valence-electron chi connectivity index (χ3n) is 6.72. The Morgan fingerprint density at radius 1 is 0.676 bits per heavy atom. The molecule has 34 heavy (non-hydrogen) atoms. The van der Waals surface area contributed by atoms with Crippen molar-refractivity contribution < 1.29 is 0 Å². The standard InChI is InChI=1S/C32H26N2/c1-23-17-19-26(20-18-23)32-31-28(21-22-29(31)34(33-32)27-15-9-4-10-16-27)30(24-11-5-2-6-12-24)25-13-7-3-8-14-25/h2-22,29,31H,1H3/t29-,31+/m1/s1. The van der Waals surface area contributed by atoms with E-state index in [9.17, 15) is 0 Å². The summed E-state index contributed by atoms with van der Waals surface area (Å²) in [4.78, 5) is 0. The van der Waals surface area contributed by atoms with Crippen molar-refractivity contribution in [2.75, 3.05) is 5.01 Å². The quantitative estimate of drug-likeness (QED) is 0.327. The Kier molecular flexibility index (Phi) is 5.20. The molecule has 0 N–H and O–H groups in total. The smallest absolute Gasteiger partial charge is 0.0835 e. The number of hydrogen-bond donors (Lipinski definition) is 0. The van der Waals surface area contributed by atoms with Crippen LogP contribution in [0.4, 0.5) is 5.69 Å². The maximum Gasteiger partial charge on any atom is 0.0835 e. The molecular weight excluding hydrogens is 412 g/mol. The first-order valence-electron chi connectivity index (χ1n) is 11.8. The Balaban J connectivity index is 1.56. The molecule has 0 aromatic heterocycles. The average molecular weight is 439 g/mol. The molecular formula is C32H26N2. The Bertz CT molecular complexity index is 1340. The molecule has 0 fully saturated rings. The van der Waals surface area contributed by atoms with E-state index in [1.54, 1.807) is 0 Å². The largest absolute Gasteiger partial charge is 0.257 e. The zero-order valence-electron chi connectivity index (χ0n) is 19.2. The van der Waals surface area contributed by atoms with E-state index in [2.05, 4.69) is 139 Å². The molecule has 2 nitrogen and oxygen atoms in total. The van der Waals surface area contributed by atoms with Gasteiger partial charge < -0.3 is 0 Å². The van der Waals surface area contributed by atoms with Gasteiger partial charge in [-0.25, -0.2) is 0 Å². The minimum Gasteiger partial charge on any atom is -0.257 e. The van der Waals surface area contributed by atoms with Gasteiger partial charge in [0.15, 0.2) is 0 Å². The minimum absolute atomic E-state index is 0.149. The van der Waals surface area contributed by atoms with Crippen LogP contribution in [-0.2, 0) is 0 Å². The fraction of sp³-hybridized carbons (Fsp3) is 0.0938. The fourth-order valence-corrected chi connectivity index (χ4v) is 5.10. The summed E-state index contributed by atoms with van der Waals surface area (Å²) < 4.78 is 0. The predicted octanol–water partition coefficient (Wildman–Crippen LogP) is 7.28. The maximum absolute atomic E-state index is 5.23. The van der Waals surface area contributed by atoms with E-state index in [4.69, 9.17) is 5.10 Å². The third-order valence-corrected chi connectivity index (χ3v) is 6.72. The van der Waals surface area contributed by atoms with Crippen LogP contribution >= 0.6 is 0 Å². The Morgan fingerprint density at radius 3 is 1.82 bits per heavy atom. The van der Waals surface area contributed by atoms with E-state index in [-0.39, 0.29) is 12.0 Å². The van der Waals surface area contributed by atoms with Crippen LogP contribution in [-0.4, -0.2) is 11.8 Å². The van der Waals surface area contributed by atoms with Crippen molar-refractivity contribution in [1.82, 2.24) is 0 Å². The summed E-state index contributed by atoms with van der Waals surface area (Å²) in [7, 11) is 0. The second kappa shape index (κ2) is 8.64. The maximum atomic E-state index is 5.23. The molecule has 2 aliphatic rings. The van der Waals surface area contributed by atoms with Gasteiger partial charge in [0, 0.05) is 0 Å². The van der Waals surface area contributed by atoms with Gasteiger partial charge in [-0.15, -0.1) is 0 Å². The summed E-state index contributed by atoms with van der Waals surface area (Å²) in [5.41, 5.74) is 9.74. The molecule has 1 heterocycles. The number of para-hydroxylation sites is 1. The van der Waals surface area contributed by atoms with Gasteiger partial charge in [0.05, 0.1) is 23.4 Å². The number of anilines is 1. The Morgan fingerprint density at radius 2 is 1.24 bits per heavy atom. The van der Waals surface area contributed by atoms with Gasteiger partial charge in [-0.2, -0.15) is 5.10 Å². The highest BCUT2D eigenvalue weighted by molar-refractivity contribution is 6.09. The second-order valence-corrected chi connectivity index (χ2v) is 8.92. The van der Waals surface area contributed by atoms with E-state index >= 15 is 0 Å². The van der Waals surface area contributed by atoms with Crippen molar-refractivity contribution in [1.29, 1.82) is 0 Å². The molecule has 0 saturated heterocycles. The van der Waals surface area contributed by atoms with Gasteiger partial charge >= 0.3 is 0 Å². The first-order valence-corrected chi connectivity index (χ1v) is 11.8. The van der Waals surface area contributed by atoms with Crippen LogP contribution < -0.4 is 5.01 Å². The molecule has 2 atom stereocenters. The zero-order valence-corrected chi connectivity index (χ0v) is 19.2. The number of hydrazone groups is 1. The fourth-order valence-electron chi connectivity index (χ4n) is 5.10. The summed E-state index contributed by atoms with van der Waals surface area (Å²) in [6, 6.07) is 40.9. The molecule has 0 saturated carbocycles. The molecule has 0 radical (unpaired) electrons. The van der Waals surface area contributed by atoms with Crippen LogP contribution in [0.5, 0.6) is 0 Å². The van der Waals surface area contributed by atoms with Crippen molar-refractivity contribution >= 4 is 17.0 Å². The highest BCUT2D eigenvalue weighted by Gasteiger charge is 2.43. The molecule has 2 heteroatoms. The van der Waals surface area contributed by atoms with Gasteiger partial charge in [-0.05, 0) is 46.9 Å². The van der Waals surface area contributed by atoms with Crippen LogP contribution in [0.3, 0.4) is 0 Å². The summed E-state index contributed by atoms with van der Waals surface area (Å²) in [5, 5.41) is 7.42. The number of benzene rings is 4. The summed E-state index contributed by atoms with van der Waals surface area (Å²) in [6.07, 6.45) is 4.65. The highest BCUT2D eigenvalue weighted by atomic mass is 15.5. The number of allylic oxidation sites excluding steroid dienone is 1. The van der Waals surface area contributed by atoms with E-state index in [1.807, 2.05) is 0 Å². The molecule has 4 aromatic carbocycles. The molecule has 4 aromatic rings. The SMILES string of the molecule is Cc1ccc(C2=NN(c3ccccc3)[C@@H]3C=CC(=C(c4ccccc4)c4ccccc4)[C@H]23)cc1. The lowest BCUT2D eigenvalue weighted by molar-refractivity contribution is 0.712. The van der Waals surface area contributed by atoms with Crippen LogP contribution in [0.15, 0.2) is 138 Å². The van der Waals surface area contributed by atoms with E-state index in [0.29, 0.717) is 0 Å². The molecule has 6 rings (SSSR count). The average Bonchev–Trinajstić information content (AvgIpc) is 3.48. The molecule has 164 valence electrons. The number of rotatable bonds is 4. The molecule has 1 aliphatic heterocycles. The lowest BCUT2D eigenvalue weighted by Crippen LogP contribution is -2.29. The lowest BCUT2D eigenvalue weighted by Gasteiger charge is -2.23. The van der Waals surface area contributed by atoms with Crippen LogP contribution in [0, 0.1) is 12.8 Å². The monoisotopic (exact) mass is 438 g/mol. The molecule has 0 unspecified atom stereocenters. The van der Waals surface area contributed by atoms with Crippen LogP contribution in [0.1, 0.15) is 22.3 Å². The Hall–Kier alpha value is -4.17. The van der Waals surface area contributed by atoms with E-state index in [1.165, 1.54) is 33.4 Å². The highest BCUT2D eigenvalue weighted by Crippen LogP contribution is 2.44. The van der Waals surface area contributed by atoms with Crippen molar-refractivity contribution in [3.8, 4) is 0 Å². The van der Waals surface area contributed by atoms with Gasteiger partial charge in [0.2, 0.25) is 0 Å². The van der Waals surface area contributed by atoms with E-state index < -0.39 is 0 Å². The van der Waals surface area contributed by atoms with E-state index in [0.717, 1.165) is 11.4 Å². The number of hydrogen-bond acceptors (Lipinski definition) is 2. The topological polar surface area (TPSA) is 15.6 Å². The zero-order chi connectivity index (χ0) is 22.9. The molecule has 0 bridgehead atoms. The second-order valence-electron chi connectivity index (χ2n) is 8.92. The minimum atomic E-state index is 0.149. The molecule has 1 aliphatic carbocycles. The summed E-state index contributed by atoms with van der Waals surface area (Å²) >= 11 is 0. The van der Waals surface area contributed by atoms with Crippen molar-refractivity contribution in [3.05, 3.63) is 155 Å². The van der Waals surface area contributed by atoms with Gasteiger partial charge in [0.1, 0.15) is 0 Å². The molecule has 0 amide bonds. The lowest BCUT2D eigenvalue weighted by atomic mass is 9.83. The number of fused-ring (bicyclic) bond motifs is 1. The summed E-state index contributed by atoms with van der Waals surface area (Å²) in [6.45, 7) is 2.13. The summed E-state index contributed by atoms with van der Waals surface area (Å²) in [5.74, 6) is 0.151. The molecule has 0 spiro atoms. The first kappa shape index (κ1) is 20.4. The van der Waals surface area contributed by atoms with Gasteiger partial charge in [-0.1, -0.05) is 121 Å². The Labute approximate surface area is 201 Å². The van der Waals surface area contributed by atoms with Crippen LogP contribution in [0.25, 0.3) is 5.57 Å². The normalized spacial score (nSPS) is 18.7. The number of aryl methyl sites for hydroxylation is 1. The van der Waals surface area contributed by atoms with Crippen molar-refractivity contribution in [2.45, 2.75) is 13.0 Å².